The second kappa shape index (κ2) is 10.5. The Balaban J connectivity index is 1.53. The number of ether oxygens (including phenoxy) is 1. The van der Waals surface area contributed by atoms with Crippen molar-refractivity contribution >= 4 is 40.4 Å². The molecule has 7 nitrogen and oxygen atoms in total. The summed E-state index contributed by atoms with van der Waals surface area (Å²) in [5, 5.41) is 7.56. The van der Waals surface area contributed by atoms with Gasteiger partial charge in [0, 0.05) is 35.3 Å². The lowest BCUT2D eigenvalue weighted by Gasteiger charge is -2.27. The Hall–Kier alpha value is -3.65. The third-order valence-corrected chi connectivity index (χ3v) is 6.59. The van der Waals surface area contributed by atoms with Crippen LogP contribution < -0.4 is 20.3 Å². The van der Waals surface area contributed by atoms with E-state index in [-0.39, 0.29) is 36.8 Å². The molecule has 1 fully saturated rings. The largest absolute Gasteiger partial charge is 0.484 e. The average molecular weight is 478 g/mol. The molecule has 0 aliphatic carbocycles. The topological polar surface area (TPSA) is 87.7 Å². The molecule has 0 saturated carbocycles. The third kappa shape index (κ3) is 5.28. The lowest BCUT2D eigenvalue weighted by molar-refractivity contribution is -0.123. The molecular formula is C26H27N3O4S. The number of carbonyl (C=O) groups excluding carboxylic acids is 3. The molecule has 176 valence electrons. The monoisotopic (exact) mass is 477 g/mol. The predicted molar refractivity (Wildman–Crippen MR) is 133 cm³/mol. The number of nitrogens with zero attached hydrogens (tertiary/aromatic N) is 1. The highest BCUT2D eigenvalue weighted by Crippen LogP contribution is 2.43. The Bertz CT molecular complexity index is 1160. The van der Waals surface area contributed by atoms with Gasteiger partial charge in [-0.25, -0.2) is 0 Å². The summed E-state index contributed by atoms with van der Waals surface area (Å²) >= 11 is 1.54. The number of rotatable bonds is 8. The average Bonchev–Trinajstić information content (AvgIpc) is 3.46. The zero-order valence-electron chi connectivity index (χ0n) is 19.1. The Morgan fingerprint density at radius 3 is 2.62 bits per heavy atom. The number of anilines is 2. The van der Waals surface area contributed by atoms with Crippen LogP contribution in [0.4, 0.5) is 11.4 Å². The van der Waals surface area contributed by atoms with Crippen molar-refractivity contribution in [1.82, 2.24) is 5.32 Å². The summed E-state index contributed by atoms with van der Waals surface area (Å²) in [6.45, 7) is 4.26. The molecule has 1 saturated heterocycles. The van der Waals surface area contributed by atoms with Gasteiger partial charge in [-0.05, 0) is 49.6 Å². The van der Waals surface area contributed by atoms with Gasteiger partial charge in [0.2, 0.25) is 11.8 Å². The third-order valence-electron chi connectivity index (χ3n) is 5.65. The fourth-order valence-electron chi connectivity index (χ4n) is 4.06. The van der Waals surface area contributed by atoms with Crippen LogP contribution in [-0.4, -0.2) is 30.9 Å². The standard InChI is InChI=1S/C26H27N3O4S/c1-3-27-23(30)16-33-20-7-4-6-18(14-20)28-26(32)21-15-24(31)29(19-11-9-17(2)10-12-19)25(21)22-8-5-13-34-22/h4-14,21,25H,3,15-16H2,1-2H3,(H,27,30)(H,28,32). The first-order valence-corrected chi connectivity index (χ1v) is 12.1. The molecule has 1 aliphatic rings. The molecule has 2 heterocycles. The summed E-state index contributed by atoms with van der Waals surface area (Å²) in [6, 6.07) is 18.2. The Kier molecular flexibility index (Phi) is 7.27. The first-order chi connectivity index (χ1) is 16.5. The van der Waals surface area contributed by atoms with Crippen molar-refractivity contribution < 1.29 is 19.1 Å². The van der Waals surface area contributed by atoms with Gasteiger partial charge in [0.05, 0.1) is 12.0 Å². The summed E-state index contributed by atoms with van der Waals surface area (Å²) < 4.78 is 5.53. The van der Waals surface area contributed by atoms with E-state index >= 15 is 0 Å². The van der Waals surface area contributed by atoms with Crippen molar-refractivity contribution in [3.63, 3.8) is 0 Å². The Labute approximate surface area is 202 Å². The van der Waals surface area contributed by atoms with E-state index in [2.05, 4.69) is 10.6 Å². The number of hydrogen-bond acceptors (Lipinski definition) is 5. The molecule has 1 aromatic heterocycles. The van der Waals surface area contributed by atoms with Gasteiger partial charge in [-0.15, -0.1) is 11.3 Å². The minimum atomic E-state index is -0.549. The number of carbonyl (C=O) groups is 3. The summed E-state index contributed by atoms with van der Waals surface area (Å²) in [6.07, 6.45) is 0.121. The molecule has 4 rings (SSSR count). The van der Waals surface area contributed by atoms with Gasteiger partial charge in [-0.3, -0.25) is 14.4 Å². The van der Waals surface area contributed by atoms with Crippen LogP contribution >= 0.6 is 11.3 Å². The second-order valence-corrected chi connectivity index (χ2v) is 9.11. The fraction of sp³-hybridized carbons (Fsp3) is 0.269. The van der Waals surface area contributed by atoms with Crippen molar-refractivity contribution in [2.45, 2.75) is 26.3 Å². The molecule has 2 aromatic carbocycles. The molecule has 8 heteroatoms. The molecule has 2 unspecified atom stereocenters. The van der Waals surface area contributed by atoms with Crippen LogP contribution in [0, 0.1) is 12.8 Å². The first kappa shape index (κ1) is 23.5. The molecule has 3 amide bonds. The summed E-state index contributed by atoms with van der Waals surface area (Å²) in [5.41, 5.74) is 2.43. The Morgan fingerprint density at radius 2 is 1.91 bits per heavy atom. The maximum atomic E-state index is 13.4. The van der Waals surface area contributed by atoms with Gasteiger partial charge < -0.3 is 20.3 Å². The predicted octanol–water partition coefficient (Wildman–Crippen LogP) is 4.30. The lowest BCUT2D eigenvalue weighted by atomic mass is 9.97. The van der Waals surface area contributed by atoms with Crippen LogP contribution in [0.15, 0.2) is 66.0 Å². The highest BCUT2D eigenvalue weighted by molar-refractivity contribution is 7.10. The number of aryl methyl sites for hydroxylation is 1. The number of amides is 3. The molecule has 0 bridgehead atoms. The second-order valence-electron chi connectivity index (χ2n) is 8.13. The number of likely N-dealkylation sites (N-methyl/N-ethyl adjacent to an activating group) is 1. The molecule has 2 atom stereocenters. The quantitative estimate of drug-likeness (QED) is 0.506. The minimum absolute atomic E-state index is 0.0820. The van der Waals surface area contributed by atoms with E-state index < -0.39 is 5.92 Å². The summed E-state index contributed by atoms with van der Waals surface area (Å²) in [4.78, 5) is 40.8. The van der Waals surface area contributed by atoms with Crippen molar-refractivity contribution in [3.05, 3.63) is 76.5 Å². The number of hydrogen-bond donors (Lipinski definition) is 2. The lowest BCUT2D eigenvalue weighted by Crippen LogP contribution is -2.32. The highest BCUT2D eigenvalue weighted by atomic mass is 32.1. The number of nitrogens with one attached hydrogen (secondary N) is 2. The molecule has 3 aromatic rings. The van der Waals surface area contributed by atoms with E-state index in [0.717, 1.165) is 16.1 Å². The van der Waals surface area contributed by atoms with Crippen LogP contribution in [0.25, 0.3) is 0 Å². The fourth-order valence-corrected chi connectivity index (χ4v) is 4.94. The molecule has 34 heavy (non-hydrogen) atoms. The molecule has 1 aliphatic heterocycles. The SMILES string of the molecule is CCNC(=O)COc1cccc(NC(=O)C2CC(=O)N(c3ccc(C)cc3)C2c2cccs2)c1. The van der Waals surface area contributed by atoms with E-state index in [0.29, 0.717) is 18.0 Å². The van der Waals surface area contributed by atoms with Crippen molar-refractivity contribution in [2.24, 2.45) is 5.92 Å². The van der Waals surface area contributed by atoms with Gasteiger partial charge in [-0.1, -0.05) is 29.8 Å². The van der Waals surface area contributed by atoms with E-state index in [1.54, 1.807) is 29.2 Å². The zero-order valence-corrected chi connectivity index (χ0v) is 19.9. The van der Waals surface area contributed by atoms with Gasteiger partial charge in [0.25, 0.3) is 5.91 Å². The molecule has 0 radical (unpaired) electrons. The minimum Gasteiger partial charge on any atom is -0.484 e. The first-order valence-electron chi connectivity index (χ1n) is 11.2. The van der Waals surface area contributed by atoms with Crippen LogP contribution in [0.1, 0.15) is 29.8 Å². The van der Waals surface area contributed by atoms with E-state index in [1.807, 2.05) is 55.6 Å². The van der Waals surface area contributed by atoms with Gasteiger partial charge in [0.1, 0.15) is 5.75 Å². The van der Waals surface area contributed by atoms with Crippen LogP contribution in [-0.2, 0) is 14.4 Å². The molecule has 0 spiro atoms. The van der Waals surface area contributed by atoms with Crippen LogP contribution in [0.5, 0.6) is 5.75 Å². The number of benzene rings is 2. The molecule has 2 N–H and O–H groups in total. The van der Waals surface area contributed by atoms with Gasteiger partial charge in [-0.2, -0.15) is 0 Å². The van der Waals surface area contributed by atoms with Crippen molar-refractivity contribution in [3.8, 4) is 5.75 Å². The van der Waals surface area contributed by atoms with Gasteiger partial charge >= 0.3 is 0 Å². The zero-order chi connectivity index (χ0) is 24.1. The smallest absolute Gasteiger partial charge is 0.257 e. The van der Waals surface area contributed by atoms with Crippen LogP contribution in [0.3, 0.4) is 0 Å². The van der Waals surface area contributed by atoms with Crippen molar-refractivity contribution in [1.29, 1.82) is 0 Å². The normalized spacial score (nSPS) is 17.5. The van der Waals surface area contributed by atoms with E-state index in [9.17, 15) is 14.4 Å². The van der Waals surface area contributed by atoms with E-state index in [1.165, 1.54) is 11.3 Å². The number of thiophene rings is 1. The summed E-state index contributed by atoms with van der Waals surface area (Å²) in [7, 11) is 0. The Morgan fingerprint density at radius 1 is 1.12 bits per heavy atom. The van der Waals surface area contributed by atoms with Gasteiger partial charge in [0.15, 0.2) is 6.61 Å². The maximum Gasteiger partial charge on any atom is 0.257 e. The van der Waals surface area contributed by atoms with E-state index in [4.69, 9.17) is 4.74 Å². The van der Waals surface area contributed by atoms with Crippen LogP contribution in [0.2, 0.25) is 0 Å². The maximum absolute atomic E-state index is 13.4. The highest BCUT2D eigenvalue weighted by Gasteiger charge is 2.45. The summed E-state index contributed by atoms with van der Waals surface area (Å²) in [5.74, 6) is -0.602. The van der Waals surface area contributed by atoms with Crippen molar-refractivity contribution in [2.75, 3.05) is 23.4 Å². The molecular weight excluding hydrogens is 450 g/mol.